The fourth-order valence-corrected chi connectivity index (χ4v) is 0.718. The van der Waals surface area contributed by atoms with Crippen molar-refractivity contribution in [3.05, 3.63) is 23.2 Å². The van der Waals surface area contributed by atoms with Gasteiger partial charge in [-0.2, -0.15) is 0 Å². The predicted molar refractivity (Wildman–Crippen MR) is 37.9 cm³/mol. The first-order valence-electron chi connectivity index (χ1n) is 2.92. The van der Waals surface area contributed by atoms with Crippen LogP contribution in [0.25, 0.3) is 0 Å². The molecule has 13 heavy (non-hydrogen) atoms. The maximum Gasteiger partial charge on any atom is 1.00 e. The van der Waals surface area contributed by atoms with Crippen molar-refractivity contribution < 1.29 is 68.7 Å². The van der Waals surface area contributed by atoms with Gasteiger partial charge in [-0.25, -0.2) is 9.37 Å². The first-order valence-corrected chi connectivity index (χ1v) is 3.30. The topological polar surface area (TPSA) is 12.9 Å². The third kappa shape index (κ3) is 3.85. The Balaban J connectivity index is 0.00000144. The summed E-state index contributed by atoms with van der Waals surface area (Å²) in [6, 6.07) is 0.329. The summed E-state index contributed by atoms with van der Waals surface area (Å²) in [6.07, 6.45) is 0.505. The Morgan fingerprint density at radius 2 is 1.85 bits per heavy atom. The fraction of sp³-hybridized carbons (Fsp3) is 0. The molecule has 0 aliphatic heterocycles. The fourth-order valence-electron chi connectivity index (χ4n) is 0.615. The van der Waals surface area contributed by atoms with Crippen LogP contribution >= 0.6 is 11.6 Å². The largest absolute Gasteiger partial charge is 1.00 e. The van der Waals surface area contributed by atoms with Crippen molar-refractivity contribution in [1.82, 2.24) is 4.98 Å². The molecule has 1 heterocycles. The quantitative estimate of drug-likeness (QED) is 0.344. The summed E-state index contributed by atoms with van der Waals surface area (Å²) in [5, 5.41) is -0.557. The molecule has 0 spiro atoms. The molecule has 66 valence electrons. The average molecular weight is 237 g/mol. The first-order chi connectivity index (χ1) is 5.41. The molecule has 1 aromatic rings. The van der Waals surface area contributed by atoms with Gasteiger partial charge in [0.15, 0.2) is 11.0 Å². The van der Waals surface area contributed by atoms with Crippen LogP contribution in [-0.2, 0) is 0 Å². The van der Waals surface area contributed by atoms with Gasteiger partial charge in [0, 0.05) is 6.20 Å². The van der Waals surface area contributed by atoms with E-state index in [1.165, 1.54) is 0 Å². The summed E-state index contributed by atoms with van der Waals surface area (Å²) in [5.41, 5.74) is -1.09. The predicted octanol–water partition coefficient (Wildman–Crippen LogP) is -1.07. The van der Waals surface area contributed by atoms with Gasteiger partial charge < -0.3 is 12.9 Å². The molecular weight excluding hydrogens is 235 g/mol. The maximum atomic E-state index is 12.4. The number of pyridine rings is 1. The van der Waals surface area contributed by atoms with Crippen molar-refractivity contribution >= 4 is 24.0 Å². The zero-order valence-electron chi connectivity index (χ0n) is 6.57. The number of nitrogens with zero attached hydrogens (tertiary/aromatic N) is 1. The van der Waals surface area contributed by atoms with Crippen molar-refractivity contribution in [2.45, 2.75) is 0 Å². The second-order valence-corrected chi connectivity index (χ2v) is 2.47. The molecular formula is C5H2BClF4KN. The van der Waals surface area contributed by atoms with Crippen LogP contribution in [0.15, 0.2) is 12.3 Å². The molecule has 0 aliphatic rings. The molecule has 0 fully saturated rings. The Labute approximate surface area is 119 Å². The van der Waals surface area contributed by atoms with Gasteiger partial charge in [-0.3, -0.25) is 0 Å². The van der Waals surface area contributed by atoms with Crippen molar-refractivity contribution in [3.63, 3.8) is 0 Å². The van der Waals surface area contributed by atoms with E-state index >= 15 is 0 Å². The Morgan fingerprint density at radius 3 is 2.23 bits per heavy atom. The van der Waals surface area contributed by atoms with E-state index in [9.17, 15) is 17.3 Å². The molecule has 0 radical (unpaired) electrons. The minimum absolute atomic E-state index is 0. The van der Waals surface area contributed by atoms with Crippen LogP contribution in [0, 0.1) is 5.82 Å². The van der Waals surface area contributed by atoms with Crippen molar-refractivity contribution in [3.8, 4) is 0 Å². The third-order valence-electron chi connectivity index (χ3n) is 1.20. The van der Waals surface area contributed by atoms with Gasteiger partial charge in [0.1, 0.15) is 0 Å². The van der Waals surface area contributed by atoms with Crippen LogP contribution in [0.3, 0.4) is 0 Å². The summed E-state index contributed by atoms with van der Waals surface area (Å²) in [5.74, 6) is -1.16. The van der Waals surface area contributed by atoms with E-state index in [2.05, 4.69) is 4.98 Å². The van der Waals surface area contributed by atoms with E-state index in [0.29, 0.717) is 12.3 Å². The van der Waals surface area contributed by atoms with Gasteiger partial charge in [-0.1, -0.05) is 17.1 Å². The second-order valence-electron chi connectivity index (χ2n) is 2.12. The Morgan fingerprint density at radius 1 is 1.31 bits per heavy atom. The van der Waals surface area contributed by atoms with E-state index in [0.717, 1.165) is 0 Å². The first kappa shape index (κ1) is 13.9. The van der Waals surface area contributed by atoms with Gasteiger partial charge in [0.05, 0.1) is 0 Å². The van der Waals surface area contributed by atoms with Crippen molar-refractivity contribution in [2.24, 2.45) is 0 Å². The SMILES string of the molecule is Fc1cc([B-](F)(F)F)cnc1Cl.[K+]. The molecule has 0 N–H and O–H groups in total. The second kappa shape index (κ2) is 5.09. The Kier molecular flexibility index (Phi) is 5.42. The molecule has 0 saturated heterocycles. The zero-order chi connectivity index (χ0) is 9.35. The minimum atomic E-state index is -5.20. The molecule has 0 atom stereocenters. The number of halogens is 5. The smallest absolute Gasteiger partial charge is 0.445 e. The molecule has 1 nitrogen and oxygen atoms in total. The van der Waals surface area contributed by atoms with Gasteiger partial charge in [0.25, 0.3) is 0 Å². The van der Waals surface area contributed by atoms with Gasteiger partial charge in [-0.05, 0) is 6.07 Å². The number of rotatable bonds is 1. The van der Waals surface area contributed by atoms with Gasteiger partial charge in [0.2, 0.25) is 0 Å². The average Bonchev–Trinajstić information content (AvgIpc) is 1.92. The van der Waals surface area contributed by atoms with Crippen molar-refractivity contribution in [2.75, 3.05) is 0 Å². The number of hydrogen-bond donors (Lipinski definition) is 0. The third-order valence-corrected chi connectivity index (χ3v) is 1.47. The molecule has 1 rings (SSSR count). The Bertz CT molecular complexity index is 305. The number of hydrogen-bond acceptors (Lipinski definition) is 1. The Hall–Kier alpha value is 0.861. The summed E-state index contributed by atoms with van der Waals surface area (Å²) in [7, 11) is 0. The van der Waals surface area contributed by atoms with Crippen LogP contribution in [-0.4, -0.2) is 12.0 Å². The molecule has 0 aromatic carbocycles. The van der Waals surface area contributed by atoms with Gasteiger partial charge in [-0.15, -0.1) is 0 Å². The summed E-state index contributed by atoms with van der Waals surface area (Å²) in [6.45, 7) is -5.20. The molecule has 1 aromatic heterocycles. The van der Waals surface area contributed by atoms with E-state index in [-0.39, 0.29) is 51.4 Å². The minimum Gasteiger partial charge on any atom is -0.445 e. The van der Waals surface area contributed by atoms with E-state index in [1.54, 1.807) is 0 Å². The zero-order valence-corrected chi connectivity index (χ0v) is 10.4. The van der Waals surface area contributed by atoms with Crippen LogP contribution in [0.2, 0.25) is 5.15 Å². The van der Waals surface area contributed by atoms with E-state index in [4.69, 9.17) is 11.6 Å². The maximum absolute atomic E-state index is 12.4. The van der Waals surface area contributed by atoms with Crippen LogP contribution in [0.1, 0.15) is 0 Å². The van der Waals surface area contributed by atoms with E-state index in [1.807, 2.05) is 0 Å². The van der Waals surface area contributed by atoms with Crippen LogP contribution in [0.4, 0.5) is 17.3 Å². The molecule has 0 aliphatic carbocycles. The molecule has 0 unspecified atom stereocenters. The van der Waals surface area contributed by atoms with Crippen LogP contribution < -0.4 is 56.8 Å². The molecule has 0 saturated carbocycles. The van der Waals surface area contributed by atoms with Crippen LogP contribution in [0.5, 0.6) is 0 Å². The molecule has 0 bridgehead atoms. The van der Waals surface area contributed by atoms with Crippen molar-refractivity contribution in [1.29, 1.82) is 0 Å². The molecule has 8 heteroatoms. The van der Waals surface area contributed by atoms with E-state index < -0.39 is 23.4 Å². The summed E-state index contributed by atoms with van der Waals surface area (Å²) < 4.78 is 48.2. The molecule has 0 amide bonds. The summed E-state index contributed by atoms with van der Waals surface area (Å²) in [4.78, 5) is 3.03. The normalized spacial score (nSPS) is 10.8. The monoisotopic (exact) mass is 237 g/mol. The standard InChI is InChI=1S/C5H2BClF4N.K/c7-5-4(8)1-3(2-12-5)6(9,10)11;/h1-2H;/q-1;+1. The van der Waals surface area contributed by atoms with Gasteiger partial charge >= 0.3 is 58.4 Å². The number of aromatic nitrogens is 1. The summed E-state index contributed by atoms with van der Waals surface area (Å²) >= 11 is 5.08.